The molecule has 6 nitrogen and oxygen atoms in total. The molecule has 0 spiro atoms. The van der Waals surface area contributed by atoms with Crippen molar-refractivity contribution < 1.29 is 8.42 Å². The normalized spacial score (nSPS) is 11.7. The van der Waals surface area contributed by atoms with E-state index in [4.69, 9.17) is 5.73 Å². The van der Waals surface area contributed by atoms with Crippen LogP contribution in [0.15, 0.2) is 35.4 Å². The molecule has 0 atom stereocenters. The van der Waals surface area contributed by atoms with E-state index >= 15 is 0 Å². The van der Waals surface area contributed by atoms with Crippen molar-refractivity contribution in [1.29, 1.82) is 0 Å². The number of rotatable bonds is 3. The van der Waals surface area contributed by atoms with Crippen LogP contribution in [0.4, 0.5) is 5.82 Å². The van der Waals surface area contributed by atoms with Gasteiger partial charge in [-0.25, -0.2) is 17.8 Å². The number of sulfonamides is 1. The fraction of sp³-hybridized carbons (Fsp3) is 0.182. The molecule has 0 fully saturated rings. The minimum atomic E-state index is -3.40. The molecule has 0 bridgehead atoms. The summed E-state index contributed by atoms with van der Waals surface area (Å²) < 4.78 is 27.0. The van der Waals surface area contributed by atoms with Gasteiger partial charge in [-0.3, -0.25) is 0 Å². The van der Waals surface area contributed by atoms with Crippen LogP contribution < -0.4 is 10.5 Å². The number of hydrogen-bond donors (Lipinski definition) is 2. The van der Waals surface area contributed by atoms with Gasteiger partial charge in [0.25, 0.3) is 0 Å². The van der Waals surface area contributed by atoms with E-state index in [0.29, 0.717) is 5.82 Å². The molecule has 0 saturated carbocycles. The lowest BCUT2D eigenvalue weighted by Crippen LogP contribution is -2.18. The Hall–Kier alpha value is -1.86. The van der Waals surface area contributed by atoms with Crippen LogP contribution in [0, 0.1) is 6.92 Å². The Bertz CT molecular complexity index is 639. The second kappa shape index (κ2) is 4.43. The minimum absolute atomic E-state index is 0.214. The molecular formula is C11H14N4O2S. The van der Waals surface area contributed by atoms with Gasteiger partial charge in [-0.1, -0.05) is 0 Å². The van der Waals surface area contributed by atoms with Gasteiger partial charge in [0, 0.05) is 11.8 Å². The van der Waals surface area contributed by atoms with Gasteiger partial charge in [0.05, 0.1) is 10.6 Å². The molecule has 1 heterocycles. The van der Waals surface area contributed by atoms with Crippen molar-refractivity contribution in [3.63, 3.8) is 0 Å². The summed E-state index contributed by atoms with van der Waals surface area (Å²) in [5.41, 5.74) is 7.29. The molecule has 7 heteroatoms. The van der Waals surface area contributed by atoms with Gasteiger partial charge in [0.2, 0.25) is 10.0 Å². The van der Waals surface area contributed by atoms with Gasteiger partial charge < -0.3 is 5.73 Å². The molecule has 0 radical (unpaired) electrons. The number of benzene rings is 1. The van der Waals surface area contributed by atoms with E-state index < -0.39 is 10.0 Å². The maximum atomic E-state index is 11.6. The predicted molar refractivity (Wildman–Crippen MR) is 69.0 cm³/mol. The van der Waals surface area contributed by atoms with Gasteiger partial charge in [-0.15, -0.1) is 0 Å². The molecule has 2 rings (SSSR count). The average molecular weight is 266 g/mol. The van der Waals surface area contributed by atoms with E-state index in [0.717, 1.165) is 11.3 Å². The van der Waals surface area contributed by atoms with E-state index in [1.807, 2.05) is 6.92 Å². The second-order valence-electron chi connectivity index (χ2n) is 3.84. The highest BCUT2D eigenvalue weighted by Crippen LogP contribution is 2.15. The van der Waals surface area contributed by atoms with Crippen LogP contribution >= 0.6 is 0 Å². The van der Waals surface area contributed by atoms with Crippen LogP contribution in [0.2, 0.25) is 0 Å². The van der Waals surface area contributed by atoms with Crippen LogP contribution in [0.3, 0.4) is 0 Å². The lowest BCUT2D eigenvalue weighted by molar-refractivity contribution is 0.588. The first kappa shape index (κ1) is 12.6. The first-order chi connectivity index (χ1) is 8.44. The van der Waals surface area contributed by atoms with Gasteiger partial charge in [-0.2, -0.15) is 5.10 Å². The number of nitrogens with zero attached hydrogens (tertiary/aromatic N) is 2. The third-order valence-corrected chi connectivity index (χ3v) is 4.05. The number of anilines is 1. The second-order valence-corrected chi connectivity index (χ2v) is 5.73. The molecule has 0 saturated heterocycles. The molecule has 3 N–H and O–H groups in total. The molecule has 0 aliphatic carbocycles. The fourth-order valence-corrected chi connectivity index (χ4v) is 2.23. The molecule has 1 aromatic heterocycles. The Morgan fingerprint density at radius 2 is 1.89 bits per heavy atom. The highest BCUT2D eigenvalue weighted by Gasteiger charge is 2.11. The number of nitrogens with two attached hydrogens (primary N) is 1. The standard InChI is InChI=1S/C11H14N4O2S/c1-8-7-15(14-11(8)12)9-3-5-10(6-4-9)18(16,17)13-2/h3-7,13H,1-2H3,(H2,12,14). The maximum Gasteiger partial charge on any atom is 0.240 e. The Balaban J connectivity index is 2.39. The summed E-state index contributed by atoms with van der Waals surface area (Å²) in [6.07, 6.45) is 1.79. The summed E-state index contributed by atoms with van der Waals surface area (Å²) >= 11 is 0. The monoisotopic (exact) mass is 266 g/mol. The quantitative estimate of drug-likeness (QED) is 0.854. The van der Waals surface area contributed by atoms with Crippen LogP contribution in [0.25, 0.3) is 5.69 Å². The molecule has 2 aromatic rings. The van der Waals surface area contributed by atoms with Gasteiger partial charge in [0.15, 0.2) is 0 Å². The summed E-state index contributed by atoms with van der Waals surface area (Å²) in [6, 6.07) is 6.40. The Labute approximate surface area is 105 Å². The minimum Gasteiger partial charge on any atom is -0.382 e. The van der Waals surface area contributed by atoms with Gasteiger partial charge in [-0.05, 0) is 38.2 Å². The lowest BCUT2D eigenvalue weighted by atomic mass is 10.3. The van der Waals surface area contributed by atoms with Crippen molar-refractivity contribution in [2.75, 3.05) is 12.8 Å². The van der Waals surface area contributed by atoms with E-state index in [-0.39, 0.29) is 4.90 Å². The van der Waals surface area contributed by atoms with Crippen LogP contribution in [-0.2, 0) is 10.0 Å². The van der Waals surface area contributed by atoms with Crippen molar-refractivity contribution in [1.82, 2.24) is 14.5 Å². The largest absolute Gasteiger partial charge is 0.382 e. The lowest BCUT2D eigenvalue weighted by Gasteiger charge is -2.04. The zero-order valence-electron chi connectivity index (χ0n) is 10.1. The smallest absolute Gasteiger partial charge is 0.240 e. The molecule has 0 aliphatic heterocycles. The summed E-state index contributed by atoms with van der Waals surface area (Å²) in [4.78, 5) is 0.214. The van der Waals surface area contributed by atoms with Crippen molar-refractivity contribution in [3.8, 4) is 5.69 Å². The predicted octanol–water partition coefficient (Wildman–Crippen LogP) is 0.671. The highest BCUT2D eigenvalue weighted by molar-refractivity contribution is 7.89. The average Bonchev–Trinajstić information content (AvgIpc) is 2.70. The maximum absolute atomic E-state index is 11.6. The molecule has 0 aliphatic rings. The zero-order chi connectivity index (χ0) is 13.3. The molecule has 18 heavy (non-hydrogen) atoms. The van der Waals surface area contributed by atoms with Gasteiger partial charge >= 0.3 is 0 Å². The SMILES string of the molecule is CNS(=O)(=O)c1ccc(-n2cc(C)c(N)n2)cc1. The molecule has 1 aromatic carbocycles. The topological polar surface area (TPSA) is 90.0 Å². The first-order valence-corrected chi connectivity index (χ1v) is 6.78. The summed E-state index contributed by atoms with van der Waals surface area (Å²) in [7, 11) is -2.03. The molecule has 0 amide bonds. The fourth-order valence-electron chi connectivity index (χ4n) is 1.50. The number of hydrogen-bond acceptors (Lipinski definition) is 4. The number of aromatic nitrogens is 2. The van der Waals surface area contributed by atoms with Crippen LogP contribution in [0.5, 0.6) is 0 Å². The number of nitrogen functional groups attached to an aromatic ring is 1. The molecular weight excluding hydrogens is 252 g/mol. The van der Waals surface area contributed by atoms with Crippen LogP contribution in [-0.4, -0.2) is 25.2 Å². The van der Waals surface area contributed by atoms with Crippen molar-refractivity contribution in [2.24, 2.45) is 0 Å². The van der Waals surface area contributed by atoms with Crippen molar-refractivity contribution >= 4 is 15.8 Å². The van der Waals surface area contributed by atoms with Crippen molar-refractivity contribution in [2.45, 2.75) is 11.8 Å². The third kappa shape index (κ3) is 2.22. The highest BCUT2D eigenvalue weighted by atomic mass is 32.2. The zero-order valence-corrected chi connectivity index (χ0v) is 10.9. The van der Waals surface area contributed by atoms with E-state index in [1.54, 1.807) is 23.0 Å². The summed E-state index contributed by atoms with van der Waals surface area (Å²) in [5, 5.41) is 4.12. The van der Waals surface area contributed by atoms with Crippen LogP contribution in [0.1, 0.15) is 5.56 Å². The Kier molecular flexibility index (Phi) is 3.10. The Morgan fingerprint density at radius 3 is 2.33 bits per heavy atom. The first-order valence-electron chi connectivity index (χ1n) is 5.30. The Morgan fingerprint density at radius 1 is 1.28 bits per heavy atom. The number of aryl methyl sites for hydroxylation is 1. The van der Waals surface area contributed by atoms with Gasteiger partial charge in [0.1, 0.15) is 5.82 Å². The number of nitrogens with one attached hydrogen (secondary N) is 1. The molecule has 96 valence electrons. The summed E-state index contributed by atoms with van der Waals surface area (Å²) in [5.74, 6) is 0.460. The van der Waals surface area contributed by atoms with E-state index in [9.17, 15) is 8.42 Å². The van der Waals surface area contributed by atoms with Crippen molar-refractivity contribution in [3.05, 3.63) is 36.0 Å². The third-order valence-electron chi connectivity index (χ3n) is 2.62. The van der Waals surface area contributed by atoms with E-state index in [1.165, 1.54) is 19.2 Å². The van der Waals surface area contributed by atoms with E-state index in [2.05, 4.69) is 9.82 Å². The molecule has 0 unspecified atom stereocenters. The summed E-state index contributed by atoms with van der Waals surface area (Å²) in [6.45, 7) is 1.86.